The normalized spacial score (nSPS) is 10.2. The van der Waals surface area contributed by atoms with Crippen LogP contribution in [0.5, 0.6) is 0 Å². The van der Waals surface area contributed by atoms with Gasteiger partial charge >= 0.3 is 0 Å². The van der Waals surface area contributed by atoms with Crippen molar-refractivity contribution in [1.29, 1.82) is 0 Å². The Morgan fingerprint density at radius 3 is 2.59 bits per heavy atom. The van der Waals surface area contributed by atoms with Crippen molar-refractivity contribution in [3.05, 3.63) is 58.4 Å². The minimum atomic E-state index is -0.199. The number of nitrogens with zero attached hydrogens (tertiary/aromatic N) is 1. The summed E-state index contributed by atoms with van der Waals surface area (Å²) < 4.78 is 13.5. The number of hydrogen-bond donors (Lipinski definition) is 1. The molecule has 1 N–H and O–H groups in total. The molecule has 1 aromatic heterocycles. The molecule has 88 valence electrons. The first-order valence-electron chi connectivity index (χ1n) is 5.35. The second-order valence-electron chi connectivity index (χ2n) is 3.65. The number of pyridine rings is 1. The zero-order chi connectivity index (χ0) is 12.1. The van der Waals surface area contributed by atoms with Gasteiger partial charge in [0.05, 0.1) is 0 Å². The Hall–Kier alpha value is -1.42. The predicted molar refractivity (Wildman–Crippen MR) is 70.5 cm³/mol. The summed E-state index contributed by atoms with van der Waals surface area (Å²) in [6.07, 6.45) is 0.842. The topological polar surface area (TPSA) is 24.9 Å². The number of halogens is 2. The van der Waals surface area contributed by atoms with E-state index < -0.39 is 0 Å². The number of aromatic nitrogens is 1. The highest BCUT2D eigenvalue weighted by molar-refractivity contribution is 9.10. The fourth-order valence-electron chi connectivity index (χ4n) is 1.49. The predicted octanol–water partition coefficient (Wildman–Crippen LogP) is 3.64. The molecular weight excluding hydrogens is 283 g/mol. The molecule has 2 rings (SSSR count). The summed E-state index contributed by atoms with van der Waals surface area (Å²) in [6, 6.07) is 12.3. The summed E-state index contributed by atoms with van der Waals surface area (Å²) >= 11 is 3.31. The van der Waals surface area contributed by atoms with Crippen molar-refractivity contribution in [1.82, 2.24) is 4.98 Å². The molecule has 0 spiro atoms. The molecule has 4 heteroatoms. The second-order valence-corrected chi connectivity index (χ2v) is 4.46. The first-order valence-corrected chi connectivity index (χ1v) is 6.14. The molecule has 2 aromatic rings. The van der Waals surface area contributed by atoms with Crippen LogP contribution in [0, 0.1) is 5.82 Å². The molecule has 0 bridgehead atoms. The highest BCUT2D eigenvalue weighted by Gasteiger charge is 1.96. The molecule has 0 aliphatic heterocycles. The molecule has 0 atom stereocenters. The standard InChI is InChI=1S/C13H12BrFN2/c14-12-2-1-3-13(17-12)16-9-8-10-4-6-11(15)7-5-10/h1-7H,8-9H2,(H,16,17). The van der Waals surface area contributed by atoms with Gasteiger partial charge in [-0.1, -0.05) is 18.2 Å². The number of benzene rings is 1. The van der Waals surface area contributed by atoms with Gasteiger partial charge in [-0.3, -0.25) is 0 Å². The summed E-state index contributed by atoms with van der Waals surface area (Å²) in [5, 5.41) is 3.21. The van der Waals surface area contributed by atoms with E-state index in [4.69, 9.17) is 0 Å². The molecule has 0 saturated carbocycles. The van der Waals surface area contributed by atoms with E-state index in [1.807, 2.05) is 18.2 Å². The molecule has 0 radical (unpaired) electrons. The first-order chi connectivity index (χ1) is 8.24. The zero-order valence-electron chi connectivity index (χ0n) is 9.16. The van der Waals surface area contributed by atoms with Gasteiger partial charge in [0.25, 0.3) is 0 Å². The lowest BCUT2D eigenvalue weighted by Gasteiger charge is -2.05. The van der Waals surface area contributed by atoms with Crippen LogP contribution in [-0.2, 0) is 6.42 Å². The Bertz CT molecular complexity index is 485. The zero-order valence-corrected chi connectivity index (χ0v) is 10.7. The molecule has 0 aliphatic carbocycles. The molecule has 1 aromatic carbocycles. The van der Waals surface area contributed by atoms with E-state index in [2.05, 4.69) is 26.2 Å². The Balaban J connectivity index is 1.85. The molecule has 17 heavy (non-hydrogen) atoms. The Morgan fingerprint density at radius 1 is 1.12 bits per heavy atom. The van der Waals surface area contributed by atoms with Crippen LogP contribution in [-0.4, -0.2) is 11.5 Å². The summed E-state index contributed by atoms with van der Waals surface area (Å²) in [4.78, 5) is 4.26. The number of nitrogens with one attached hydrogen (secondary N) is 1. The third-order valence-corrected chi connectivity index (χ3v) is 2.79. The summed E-state index contributed by atoms with van der Waals surface area (Å²) in [7, 11) is 0. The lowest BCUT2D eigenvalue weighted by atomic mass is 10.1. The van der Waals surface area contributed by atoms with Crippen LogP contribution in [0.15, 0.2) is 47.1 Å². The van der Waals surface area contributed by atoms with Gasteiger partial charge in [-0.2, -0.15) is 0 Å². The minimum Gasteiger partial charge on any atom is -0.370 e. The van der Waals surface area contributed by atoms with Crippen LogP contribution in [0.4, 0.5) is 10.2 Å². The van der Waals surface area contributed by atoms with Gasteiger partial charge in [-0.15, -0.1) is 0 Å². The lowest BCUT2D eigenvalue weighted by Crippen LogP contribution is -2.06. The highest BCUT2D eigenvalue weighted by atomic mass is 79.9. The summed E-state index contributed by atoms with van der Waals surface area (Å²) in [6.45, 7) is 0.773. The second kappa shape index (κ2) is 5.77. The monoisotopic (exact) mass is 294 g/mol. The van der Waals surface area contributed by atoms with Crippen molar-refractivity contribution >= 4 is 21.7 Å². The van der Waals surface area contributed by atoms with E-state index in [9.17, 15) is 4.39 Å². The fourth-order valence-corrected chi connectivity index (χ4v) is 1.84. The van der Waals surface area contributed by atoms with Crippen LogP contribution in [0.3, 0.4) is 0 Å². The number of hydrogen-bond acceptors (Lipinski definition) is 2. The molecule has 1 heterocycles. The maximum atomic E-state index is 12.7. The average molecular weight is 295 g/mol. The molecular formula is C13H12BrFN2. The van der Waals surface area contributed by atoms with E-state index in [1.165, 1.54) is 12.1 Å². The maximum absolute atomic E-state index is 12.7. The van der Waals surface area contributed by atoms with Crippen LogP contribution >= 0.6 is 15.9 Å². The van der Waals surface area contributed by atoms with Crippen LogP contribution in [0.1, 0.15) is 5.56 Å². The Labute approximate surface area is 108 Å². The summed E-state index contributed by atoms with van der Waals surface area (Å²) in [5.41, 5.74) is 1.11. The maximum Gasteiger partial charge on any atom is 0.127 e. The van der Waals surface area contributed by atoms with E-state index in [0.717, 1.165) is 29.0 Å². The molecule has 0 aliphatic rings. The molecule has 0 amide bonds. The first kappa shape index (κ1) is 12.0. The van der Waals surface area contributed by atoms with E-state index in [1.54, 1.807) is 12.1 Å². The van der Waals surface area contributed by atoms with Gasteiger partial charge in [0, 0.05) is 6.54 Å². The number of anilines is 1. The third-order valence-electron chi connectivity index (χ3n) is 2.35. The van der Waals surface area contributed by atoms with Crippen molar-refractivity contribution in [2.45, 2.75) is 6.42 Å². The van der Waals surface area contributed by atoms with E-state index in [0.29, 0.717) is 0 Å². The molecule has 0 fully saturated rings. The van der Waals surface area contributed by atoms with Gasteiger partial charge in [0.15, 0.2) is 0 Å². The largest absolute Gasteiger partial charge is 0.370 e. The lowest BCUT2D eigenvalue weighted by molar-refractivity contribution is 0.627. The van der Waals surface area contributed by atoms with Gasteiger partial charge in [0.2, 0.25) is 0 Å². The van der Waals surface area contributed by atoms with E-state index >= 15 is 0 Å². The van der Waals surface area contributed by atoms with Gasteiger partial charge in [-0.25, -0.2) is 9.37 Å². The van der Waals surface area contributed by atoms with Crippen LogP contribution in [0.25, 0.3) is 0 Å². The molecule has 2 nitrogen and oxygen atoms in total. The van der Waals surface area contributed by atoms with Crippen molar-refractivity contribution < 1.29 is 4.39 Å². The van der Waals surface area contributed by atoms with E-state index in [-0.39, 0.29) is 5.82 Å². The fraction of sp³-hybridized carbons (Fsp3) is 0.154. The molecule has 0 unspecified atom stereocenters. The summed E-state index contributed by atoms with van der Waals surface area (Å²) in [5.74, 6) is 0.636. The molecule has 0 saturated heterocycles. The third kappa shape index (κ3) is 3.82. The van der Waals surface area contributed by atoms with Crippen molar-refractivity contribution in [2.24, 2.45) is 0 Å². The van der Waals surface area contributed by atoms with Crippen LogP contribution < -0.4 is 5.32 Å². The number of rotatable bonds is 4. The van der Waals surface area contributed by atoms with Gasteiger partial charge < -0.3 is 5.32 Å². The quantitative estimate of drug-likeness (QED) is 0.871. The van der Waals surface area contributed by atoms with Crippen LogP contribution in [0.2, 0.25) is 0 Å². The smallest absolute Gasteiger partial charge is 0.127 e. The SMILES string of the molecule is Fc1ccc(CCNc2cccc(Br)n2)cc1. The van der Waals surface area contributed by atoms with Crippen molar-refractivity contribution in [3.8, 4) is 0 Å². The highest BCUT2D eigenvalue weighted by Crippen LogP contribution is 2.10. The van der Waals surface area contributed by atoms with Crippen molar-refractivity contribution in [2.75, 3.05) is 11.9 Å². The minimum absolute atomic E-state index is 0.199. The average Bonchev–Trinajstić information content (AvgIpc) is 2.32. The van der Waals surface area contributed by atoms with Crippen molar-refractivity contribution in [3.63, 3.8) is 0 Å². The Morgan fingerprint density at radius 2 is 1.88 bits per heavy atom. The van der Waals surface area contributed by atoms with Gasteiger partial charge in [0.1, 0.15) is 16.2 Å². The Kier molecular flexibility index (Phi) is 4.09. The van der Waals surface area contributed by atoms with Gasteiger partial charge in [-0.05, 0) is 52.2 Å².